The van der Waals surface area contributed by atoms with Gasteiger partial charge in [0.25, 0.3) is 0 Å². The molecule has 1 aliphatic rings. The lowest BCUT2D eigenvalue weighted by atomic mass is 10.2. The number of ether oxygens (including phenoxy) is 1. The summed E-state index contributed by atoms with van der Waals surface area (Å²) >= 11 is 0. The van der Waals surface area contributed by atoms with Gasteiger partial charge in [0, 0.05) is 19.0 Å². The second-order valence-corrected chi connectivity index (χ2v) is 5.29. The van der Waals surface area contributed by atoms with Gasteiger partial charge in [0.05, 0.1) is 6.10 Å². The number of nitrogens with zero attached hydrogens (tertiary/aromatic N) is 1. The van der Waals surface area contributed by atoms with E-state index < -0.39 is 6.10 Å². The Morgan fingerprint density at radius 3 is 2.74 bits per heavy atom. The predicted octanol–water partition coefficient (Wildman–Crippen LogP) is 1.57. The minimum Gasteiger partial charge on any atom is -0.460 e. The summed E-state index contributed by atoms with van der Waals surface area (Å²) in [6.07, 6.45) is 0.0305. The van der Waals surface area contributed by atoms with Crippen LogP contribution < -0.4 is 0 Å². The Morgan fingerprint density at radius 2 is 2.11 bits per heavy atom. The smallest absolute Gasteiger partial charge is 0.323 e. The maximum absolute atomic E-state index is 12.1. The minimum atomic E-state index is -0.434. The third kappa shape index (κ3) is 3.55. The van der Waals surface area contributed by atoms with Crippen molar-refractivity contribution in [3.05, 3.63) is 35.9 Å². The first-order valence-electron chi connectivity index (χ1n) is 6.72. The lowest BCUT2D eigenvalue weighted by Gasteiger charge is -2.26. The van der Waals surface area contributed by atoms with E-state index in [1.54, 1.807) is 0 Å². The van der Waals surface area contributed by atoms with Crippen molar-refractivity contribution in [2.45, 2.75) is 45.1 Å². The fourth-order valence-electron chi connectivity index (χ4n) is 2.47. The normalized spacial score (nSPS) is 23.8. The number of aliphatic hydroxyl groups is 1. The number of esters is 1. The number of β-amino-alcohol motifs (C(OH)–C–C–N with tert-alkyl or cyclic N) is 1. The number of hydrogen-bond donors (Lipinski definition) is 1. The van der Waals surface area contributed by atoms with E-state index >= 15 is 0 Å². The quantitative estimate of drug-likeness (QED) is 0.838. The topological polar surface area (TPSA) is 49.8 Å². The minimum absolute atomic E-state index is 0.228. The van der Waals surface area contributed by atoms with Crippen LogP contribution in [-0.2, 0) is 16.1 Å². The number of carbonyl (C=O) groups excluding carboxylic acids is 1. The zero-order valence-electron chi connectivity index (χ0n) is 11.5. The van der Waals surface area contributed by atoms with E-state index in [2.05, 4.69) is 0 Å². The molecule has 0 saturated carbocycles. The van der Waals surface area contributed by atoms with Gasteiger partial charge in [0.15, 0.2) is 0 Å². The first kappa shape index (κ1) is 14.0. The fraction of sp³-hybridized carbons (Fsp3) is 0.533. The molecule has 2 atom stereocenters. The average molecular weight is 263 g/mol. The summed E-state index contributed by atoms with van der Waals surface area (Å²) in [7, 11) is 0. The Bertz CT molecular complexity index is 419. The Balaban J connectivity index is 1.92. The largest absolute Gasteiger partial charge is 0.460 e. The SMILES string of the molecule is CC(C)N1CC(O)CC1C(=O)OCc1ccccc1. The standard InChI is InChI=1S/C15H21NO3/c1-11(2)16-9-13(17)8-14(16)15(18)19-10-12-6-4-3-5-7-12/h3-7,11,13-14,17H,8-10H2,1-2H3. The highest BCUT2D eigenvalue weighted by Crippen LogP contribution is 2.22. The summed E-state index contributed by atoms with van der Waals surface area (Å²) < 4.78 is 5.35. The number of benzene rings is 1. The zero-order chi connectivity index (χ0) is 13.8. The van der Waals surface area contributed by atoms with Crippen LogP contribution in [0.1, 0.15) is 25.8 Å². The summed E-state index contributed by atoms with van der Waals surface area (Å²) in [6, 6.07) is 9.53. The molecule has 0 bridgehead atoms. The highest BCUT2D eigenvalue weighted by Gasteiger charge is 2.38. The number of aliphatic hydroxyl groups excluding tert-OH is 1. The van der Waals surface area contributed by atoms with Crippen molar-refractivity contribution in [3.63, 3.8) is 0 Å². The highest BCUT2D eigenvalue weighted by atomic mass is 16.5. The van der Waals surface area contributed by atoms with Crippen LogP contribution in [0.2, 0.25) is 0 Å². The Hall–Kier alpha value is -1.39. The van der Waals surface area contributed by atoms with Crippen LogP contribution in [-0.4, -0.2) is 40.7 Å². The van der Waals surface area contributed by atoms with Gasteiger partial charge in [-0.3, -0.25) is 9.69 Å². The maximum Gasteiger partial charge on any atom is 0.323 e. The van der Waals surface area contributed by atoms with E-state index in [4.69, 9.17) is 4.74 Å². The fourth-order valence-corrected chi connectivity index (χ4v) is 2.47. The molecule has 1 N–H and O–H groups in total. The van der Waals surface area contributed by atoms with Gasteiger partial charge in [0.1, 0.15) is 12.6 Å². The van der Waals surface area contributed by atoms with E-state index in [0.29, 0.717) is 13.0 Å². The Morgan fingerprint density at radius 1 is 1.42 bits per heavy atom. The molecule has 4 heteroatoms. The molecule has 0 radical (unpaired) electrons. The first-order chi connectivity index (χ1) is 9.08. The van der Waals surface area contributed by atoms with Gasteiger partial charge in [-0.05, 0) is 19.4 Å². The number of carbonyl (C=O) groups is 1. The van der Waals surface area contributed by atoms with Gasteiger partial charge in [-0.15, -0.1) is 0 Å². The second kappa shape index (κ2) is 6.17. The lowest BCUT2D eigenvalue weighted by molar-refractivity contribution is -0.151. The van der Waals surface area contributed by atoms with Gasteiger partial charge in [-0.2, -0.15) is 0 Å². The predicted molar refractivity (Wildman–Crippen MR) is 72.5 cm³/mol. The van der Waals surface area contributed by atoms with Gasteiger partial charge in [-0.1, -0.05) is 30.3 Å². The zero-order valence-corrected chi connectivity index (χ0v) is 11.5. The number of rotatable bonds is 4. The van der Waals surface area contributed by atoms with E-state index in [9.17, 15) is 9.90 Å². The van der Waals surface area contributed by atoms with Crippen LogP contribution in [0.15, 0.2) is 30.3 Å². The second-order valence-electron chi connectivity index (χ2n) is 5.29. The Kier molecular flexibility index (Phi) is 4.56. The van der Waals surface area contributed by atoms with E-state index in [-0.39, 0.29) is 24.7 Å². The molecular formula is C15H21NO3. The molecule has 2 rings (SSSR count). The van der Waals surface area contributed by atoms with Crippen molar-refractivity contribution in [2.75, 3.05) is 6.54 Å². The summed E-state index contributed by atoms with van der Waals surface area (Å²) in [6.45, 7) is 4.88. The molecule has 1 saturated heterocycles. The molecule has 19 heavy (non-hydrogen) atoms. The molecule has 0 aromatic heterocycles. The van der Waals surface area contributed by atoms with Crippen LogP contribution in [0, 0.1) is 0 Å². The van der Waals surface area contributed by atoms with Crippen molar-refractivity contribution in [2.24, 2.45) is 0 Å². The molecule has 4 nitrogen and oxygen atoms in total. The first-order valence-corrected chi connectivity index (χ1v) is 6.72. The molecule has 1 aromatic rings. The van der Waals surface area contributed by atoms with Gasteiger partial charge < -0.3 is 9.84 Å². The Labute approximate surface area is 114 Å². The molecule has 2 unspecified atom stereocenters. The molecular weight excluding hydrogens is 242 g/mol. The molecule has 1 fully saturated rings. The molecule has 0 amide bonds. The monoisotopic (exact) mass is 263 g/mol. The van der Waals surface area contributed by atoms with Crippen molar-refractivity contribution in [1.29, 1.82) is 0 Å². The van der Waals surface area contributed by atoms with Gasteiger partial charge >= 0.3 is 5.97 Å². The lowest BCUT2D eigenvalue weighted by Crippen LogP contribution is -2.41. The van der Waals surface area contributed by atoms with E-state index in [1.165, 1.54) is 0 Å². The van der Waals surface area contributed by atoms with E-state index in [1.807, 2.05) is 49.1 Å². The van der Waals surface area contributed by atoms with Crippen molar-refractivity contribution < 1.29 is 14.6 Å². The van der Waals surface area contributed by atoms with E-state index in [0.717, 1.165) is 5.56 Å². The van der Waals surface area contributed by atoms with Crippen molar-refractivity contribution in [3.8, 4) is 0 Å². The van der Waals surface area contributed by atoms with Gasteiger partial charge in [0.2, 0.25) is 0 Å². The summed E-state index contributed by atoms with van der Waals surface area (Å²) in [5.74, 6) is -0.242. The third-order valence-electron chi connectivity index (χ3n) is 3.48. The van der Waals surface area contributed by atoms with Crippen LogP contribution in [0.4, 0.5) is 0 Å². The number of likely N-dealkylation sites (tertiary alicyclic amines) is 1. The van der Waals surface area contributed by atoms with Crippen LogP contribution in [0.5, 0.6) is 0 Å². The van der Waals surface area contributed by atoms with Crippen LogP contribution >= 0.6 is 0 Å². The molecule has 0 aliphatic carbocycles. The van der Waals surface area contributed by atoms with Gasteiger partial charge in [-0.25, -0.2) is 0 Å². The summed E-state index contributed by atoms with van der Waals surface area (Å²) in [5, 5.41) is 9.70. The number of hydrogen-bond acceptors (Lipinski definition) is 4. The molecule has 1 aliphatic heterocycles. The molecule has 0 spiro atoms. The molecule has 1 heterocycles. The highest BCUT2D eigenvalue weighted by molar-refractivity contribution is 5.76. The maximum atomic E-state index is 12.1. The summed E-state index contributed by atoms with van der Waals surface area (Å²) in [5.41, 5.74) is 0.977. The van der Waals surface area contributed by atoms with Crippen LogP contribution in [0.25, 0.3) is 0 Å². The van der Waals surface area contributed by atoms with Crippen molar-refractivity contribution in [1.82, 2.24) is 4.90 Å². The average Bonchev–Trinajstić information content (AvgIpc) is 2.79. The molecule has 104 valence electrons. The van der Waals surface area contributed by atoms with Crippen molar-refractivity contribution >= 4 is 5.97 Å². The molecule has 1 aromatic carbocycles. The van der Waals surface area contributed by atoms with Crippen LogP contribution in [0.3, 0.4) is 0 Å². The summed E-state index contributed by atoms with van der Waals surface area (Å²) in [4.78, 5) is 14.1. The third-order valence-corrected chi connectivity index (χ3v) is 3.48.